The highest BCUT2D eigenvalue weighted by Crippen LogP contribution is 2.32. The Morgan fingerprint density at radius 2 is 1.68 bits per heavy atom. The Morgan fingerprint density at radius 1 is 1.00 bits per heavy atom. The summed E-state index contributed by atoms with van der Waals surface area (Å²) in [6.45, 7) is 8.44. The molecular formula is C32H33N7O. The van der Waals surface area contributed by atoms with Gasteiger partial charge in [-0.1, -0.05) is 45.0 Å². The maximum absolute atomic E-state index is 13.1. The molecule has 0 bridgehead atoms. The van der Waals surface area contributed by atoms with Gasteiger partial charge < -0.3 is 20.4 Å². The number of fused-ring (bicyclic) bond motifs is 1. The number of carbonyl (C=O) groups is 1. The number of carbonyl (C=O) groups excluding carboxylic acids is 1. The highest BCUT2D eigenvalue weighted by atomic mass is 16.1. The summed E-state index contributed by atoms with van der Waals surface area (Å²) in [5, 5.41) is 10.7. The van der Waals surface area contributed by atoms with Gasteiger partial charge in [0.2, 0.25) is 0 Å². The van der Waals surface area contributed by atoms with Crippen LogP contribution in [0.3, 0.4) is 0 Å². The summed E-state index contributed by atoms with van der Waals surface area (Å²) in [5.41, 5.74) is 13.0. The summed E-state index contributed by atoms with van der Waals surface area (Å²) in [6, 6.07) is 21.0. The molecule has 4 N–H and O–H groups in total. The predicted octanol–water partition coefficient (Wildman–Crippen LogP) is 6.31. The van der Waals surface area contributed by atoms with Crippen LogP contribution < -0.4 is 16.0 Å². The second kappa shape index (κ2) is 10.3. The monoisotopic (exact) mass is 531 g/mol. The average molecular weight is 532 g/mol. The molecule has 0 aliphatic carbocycles. The first-order valence-corrected chi connectivity index (χ1v) is 13.1. The minimum Gasteiger partial charge on any atom is -0.384 e. The first-order valence-electron chi connectivity index (χ1n) is 13.1. The first-order chi connectivity index (χ1) is 19.0. The van der Waals surface area contributed by atoms with Gasteiger partial charge in [-0.05, 0) is 65.9 Å². The second-order valence-corrected chi connectivity index (χ2v) is 10.9. The topological polar surface area (TPSA) is 112 Å². The summed E-state index contributed by atoms with van der Waals surface area (Å²) in [7, 11) is 1.93. The number of nitrogens with two attached hydrogens (primary N) is 1. The number of amidine groups is 1. The first kappa shape index (κ1) is 26.6. The summed E-state index contributed by atoms with van der Waals surface area (Å²) >= 11 is 0. The van der Waals surface area contributed by atoms with Crippen LogP contribution in [0.5, 0.6) is 0 Å². The van der Waals surface area contributed by atoms with Gasteiger partial charge in [0.25, 0.3) is 5.91 Å². The van der Waals surface area contributed by atoms with Crippen molar-refractivity contribution in [3.8, 4) is 11.3 Å². The number of nitrogen functional groups attached to an aromatic ring is 1. The number of hydrogen-bond donors (Lipinski definition) is 3. The number of hydrogen-bond acceptors (Lipinski definition) is 5. The van der Waals surface area contributed by atoms with Crippen molar-refractivity contribution in [1.29, 1.82) is 5.41 Å². The fraction of sp³-hybridized carbons (Fsp3) is 0.188. The van der Waals surface area contributed by atoms with E-state index in [0.29, 0.717) is 22.6 Å². The Kier molecular flexibility index (Phi) is 6.85. The molecule has 0 saturated heterocycles. The van der Waals surface area contributed by atoms with E-state index in [-0.39, 0.29) is 17.2 Å². The molecule has 8 heteroatoms. The summed E-state index contributed by atoms with van der Waals surface area (Å²) in [6.07, 6.45) is 5.57. The van der Waals surface area contributed by atoms with Crippen LogP contribution in [0.25, 0.3) is 16.9 Å². The Hall–Kier alpha value is -4.98. The quantitative estimate of drug-likeness (QED) is 0.176. The number of anilines is 3. The molecule has 0 saturated carbocycles. The van der Waals surface area contributed by atoms with Gasteiger partial charge in [0.1, 0.15) is 5.84 Å². The molecule has 5 rings (SSSR count). The molecule has 2 heterocycles. The van der Waals surface area contributed by atoms with Crippen LogP contribution >= 0.6 is 0 Å². The fourth-order valence-corrected chi connectivity index (χ4v) is 4.62. The van der Waals surface area contributed by atoms with Gasteiger partial charge in [-0.15, -0.1) is 0 Å². The molecule has 0 fully saturated rings. The average Bonchev–Trinajstić information content (AvgIpc) is 3.42. The van der Waals surface area contributed by atoms with Crippen molar-refractivity contribution in [2.24, 2.45) is 5.73 Å². The zero-order valence-electron chi connectivity index (χ0n) is 23.4. The zero-order chi connectivity index (χ0) is 28.6. The number of amides is 1. The second-order valence-electron chi connectivity index (χ2n) is 10.9. The lowest BCUT2D eigenvalue weighted by Gasteiger charge is -2.21. The van der Waals surface area contributed by atoms with Crippen molar-refractivity contribution in [2.75, 3.05) is 17.3 Å². The van der Waals surface area contributed by atoms with Crippen LogP contribution in [-0.2, 0) is 5.41 Å². The van der Waals surface area contributed by atoms with Crippen LogP contribution in [0, 0.1) is 12.3 Å². The van der Waals surface area contributed by atoms with Gasteiger partial charge in [0.05, 0.1) is 5.69 Å². The highest BCUT2D eigenvalue weighted by Gasteiger charge is 2.18. The molecule has 202 valence electrons. The molecule has 8 nitrogen and oxygen atoms in total. The number of imidazole rings is 1. The fourth-order valence-electron chi connectivity index (χ4n) is 4.62. The number of benzene rings is 3. The van der Waals surface area contributed by atoms with Gasteiger partial charge >= 0.3 is 0 Å². The maximum atomic E-state index is 13.1. The predicted molar refractivity (Wildman–Crippen MR) is 162 cm³/mol. The summed E-state index contributed by atoms with van der Waals surface area (Å²) in [5.74, 6) is 0.536. The minimum atomic E-state index is -0.159. The molecule has 0 unspecified atom stereocenters. The standard InChI is InChI=1S/C32H33N7O/c1-20-25(7-6-8-26(20)37-31(40)22-9-13-23(14-10-22)32(2,3)4)27-19-39-18-17-35-29(39)30(36-27)38(5)24-15-11-21(12-16-24)28(33)34/h6-19H,1-5H3,(H3,33,34)(H,37,40). The number of rotatable bonds is 6. The number of aromatic nitrogens is 3. The lowest BCUT2D eigenvalue weighted by molar-refractivity contribution is 0.102. The van der Waals surface area contributed by atoms with Crippen LogP contribution in [-0.4, -0.2) is 33.2 Å². The third-order valence-electron chi connectivity index (χ3n) is 7.11. The van der Waals surface area contributed by atoms with Crippen molar-refractivity contribution >= 4 is 34.6 Å². The van der Waals surface area contributed by atoms with Crippen LogP contribution in [0.15, 0.2) is 85.3 Å². The van der Waals surface area contributed by atoms with E-state index in [9.17, 15) is 4.79 Å². The van der Waals surface area contributed by atoms with E-state index in [4.69, 9.17) is 16.1 Å². The Morgan fingerprint density at radius 3 is 2.33 bits per heavy atom. The Bertz CT molecular complexity index is 1710. The summed E-state index contributed by atoms with van der Waals surface area (Å²) < 4.78 is 1.94. The van der Waals surface area contributed by atoms with Crippen molar-refractivity contribution in [1.82, 2.24) is 14.4 Å². The largest absolute Gasteiger partial charge is 0.384 e. The van der Waals surface area contributed by atoms with E-state index in [0.717, 1.165) is 28.2 Å². The van der Waals surface area contributed by atoms with Crippen molar-refractivity contribution in [2.45, 2.75) is 33.1 Å². The molecule has 3 aromatic carbocycles. The smallest absolute Gasteiger partial charge is 0.255 e. The molecule has 5 aromatic rings. The highest BCUT2D eigenvalue weighted by molar-refractivity contribution is 6.05. The Labute approximate surface area is 234 Å². The normalized spacial score (nSPS) is 11.4. The van der Waals surface area contributed by atoms with E-state index in [1.807, 2.05) is 102 Å². The van der Waals surface area contributed by atoms with Gasteiger partial charge in [-0.3, -0.25) is 10.2 Å². The molecule has 1 amide bonds. The number of nitrogens with zero attached hydrogens (tertiary/aromatic N) is 4. The van der Waals surface area contributed by atoms with Gasteiger partial charge in [0, 0.05) is 53.7 Å². The van der Waals surface area contributed by atoms with Crippen LogP contribution in [0.4, 0.5) is 17.2 Å². The van der Waals surface area contributed by atoms with E-state index >= 15 is 0 Å². The molecule has 0 radical (unpaired) electrons. The molecule has 0 aliphatic rings. The molecule has 0 spiro atoms. The molecular weight excluding hydrogens is 498 g/mol. The van der Waals surface area contributed by atoms with Gasteiger partial charge in [-0.2, -0.15) is 0 Å². The SMILES string of the molecule is Cc1c(NC(=O)c2ccc(C(C)(C)C)cc2)cccc1-c1cn2ccnc2c(N(C)c2ccc(C(=N)N)cc2)n1. The molecule has 0 aliphatic heterocycles. The molecule has 2 aromatic heterocycles. The van der Waals surface area contributed by atoms with E-state index in [1.165, 1.54) is 5.56 Å². The van der Waals surface area contributed by atoms with Crippen LogP contribution in [0.2, 0.25) is 0 Å². The van der Waals surface area contributed by atoms with E-state index < -0.39 is 0 Å². The van der Waals surface area contributed by atoms with Gasteiger partial charge in [0.15, 0.2) is 11.5 Å². The third kappa shape index (κ3) is 5.16. The Balaban J connectivity index is 1.48. The number of nitrogens with one attached hydrogen (secondary N) is 2. The van der Waals surface area contributed by atoms with Crippen LogP contribution in [0.1, 0.15) is 47.8 Å². The third-order valence-corrected chi connectivity index (χ3v) is 7.11. The maximum Gasteiger partial charge on any atom is 0.255 e. The van der Waals surface area contributed by atoms with Crippen molar-refractivity contribution < 1.29 is 4.79 Å². The molecule has 0 atom stereocenters. The minimum absolute atomic E-state index is 0.0220. The zero-order valence-corrected chi connectivity index (χ0v) is 23.4. The lowest BCUT2D eigenvalue weighted by Crippen LogP contribution is -2.15. The van der Waals surface area contributed by atoms with Crippen molar-refractivity contribution in [3.63, 3.8) is 0 Å². The molecule has 40 heavy (non-hydrogen) atoms. The van der Waals surface area contributed by atoms with E-state index in [2.05, 4.69) is 31.1 Å². The van der Waals surface area contributed by atoms with Crippen molar-refractivity contribution in [3.05, 3.63) is 108 Å². The summed E-state index contributed by atoms with van der Waals surface area (Å²) in [4.78, 5) is 24.6. The van der Waals surface area contributed by atoms with Gasteiger partial charge in [-0.25, -0.2) is 9.97 Å². The van der Waals surface area contributed by atoms with E-state index in [1.54, 1.807) is 6.20 Å². The lowest BCUT2D eigenvalue weighted by atomic mass is 9.86.